The number of hydrogen-bond acceptors (Lipinski definition) is 7. The van der Waals surface area contributed by atoms with Gasteiger partial charge in [0.1, 0.15) is 17.2 Å². The van der Waals surface area contributed by atoms with Crippen LogP contribution >= 0.6 is 11.6 Å². The molecule has 1 aromatic heterocycles. The lowest BCUT2D eigenvalue weighted by Gasteiger charge is -2.12. The largest absolute Gasteiger partial charge is 0.496 e. The number of rotatable bonds is 10. The molecule has 1 amide bonds. The number of nitrogens with one attached hydrogen (secondary N) is 2. The van der Waals surface area contributed by atoms with Gasteiger partial charge in [0.2, 0.25) is 0 Å². The number of methoxy groups -OCH3 is 2. The van der Waals surface area contributed by atoms with Gasteiger partial charge in [0.25, 0.3) is 5.91 Å². The summed E-state index contributed by atoms with van der Waals surface area (Å²) < 4.78 is 22.4. The molecule has 0 aliphatic rings. The number of aromatic nitrogens is 1. The zero-order valence-corrected chi connectivity index (χ0v) is 24.4. The van der Waals surface area contributed by atoms with Crippen molar-refractivity contribution in [2.45, 2.75) is 6.92 Å². The van der Waals surface area contributed by atoms with Crippen LogP contribution in [0.25, 0.3) is 22.0 Å². The first-order valence-corrected chi connectivity index (χ1v) is 13.7. The van der Waals surface area contributed by atoms with Crippen molar-refractivity contribution in [3.63, 3.8) is 0 Å². The van der Waals surface area contributed by atoms with E-state index in [0.29, 0.717) is 45.9 Å². The molecule has 0 fully saturated rings. The van der Waals surface area contributed by atoms with Gasteiger partial charge >= 0.3 is 5.97 Å². The van der Waals surface area contributed by atoms with Crippen LogP contribution in [0.2, 0.25) is 5.02 Å². The summed E-state index contributed by atoms with van der Waals surface area (Å²) in [7, 11) is 3.14. The number of benzene rings is 4. The number of hydrogen-bond donors (Lipinski definition) is 2. The van der Waals surface area contributed by atoms with Gasteiger partial charge in [-0.05, 0) is 60.5 Å². The van der Waals surface area contributed by atoms with E-state index in [2.05, 4.69) is 15.5 Å². The van der Waals surface area contributed by atoms with E-state index in [4.69, 9.17) is 30.5 Å². The Hall–Kier alpha value is -5.28. The fraction of sp³-hybridized carbons (Fsp3) is 0.121. The molecule has 0 spiro atoms. The molecular weight excluding hydrogens is 570 g/mol. The zero-order valence-electron chi connectivity index (χ0n) is 23.6. The van der Waals surface area contributed by atoms with Crippen molar-refractivity contribution in [2.24, 2.45) is 5.10 Å². The number of fused-ring (bicyclic) bond motifs is 1. The first-order chi connectivity index (χ1) is 20.9. The highest BCUT2D eigenvalue weighted by molar-refractivity contribution is 6.33. The number of aromatic amines is 1. The maximum Gasteiger partial charge on any atom is 0.345 e. The van der Waals surface area contributed by atoms with Crippen LogP contribution in [-0.4, -0.2) is 43.9 Å². The molecule has 0 saturated carbocycles. The zero-order chi connectivity index (χ0) is 30.3. The lowest BCUT2D eigenvalue weighted by molar-refractivity contribution is 0.0728. The lowest BCUT2D eigenvalue weighted by Crippen LogP contribution is -2.19. The van der Waals surface area contributed by atoms with Crippen LogP contribution < -0.4 is 24.4 Å². The highest BCUT2D eigenvalue weighted by Gasteiger charge is 2.24. The molecule has 5 rings (SSSR count). The van der Waals surface area contributed by atoms with Gasteiger partial charge in [-0.2, -0.15) is 5.10 Å². The molecule has 0 saturated heterocycles. The number of carbonyl (C=O) groups is 2. The van der Waals surface area contributed by atoms with Crippen molar-refractivity contribution in [3.05, 3.63) is 107 Å². The van der Waals surface area contributed by atoms with E-state index in [1.165, 1.54) is 6.21 Å². The van der Waals surface area contributed by atoms with Crippen LogP contribution in [0.15, 0.2) is 90.0 Å². The smallest absolute Gasteiger partial charge is 0.345 e. The van der Waals surface area contributed by atoms with Crippen molar-refractivity contribution in [1.29, 1.82) is 0 Å². The predicted molar refractivity (Wildman–Crippen MR) is 166 cm³/mol. The number of carbonyl (C=O) groups excluding carboxylic acids is 2. The van der Waals surface area contributed by atoms with Crippen molar-refractivity contribution in [2.75, 3.05) is 20.8 Å². The normalized spacial score (nSPS) is 11.0. The van der Waals surface area contributed by atoms with Crippen LogP contribution in [-0.2, 0) is 0 Å². The topological polar surface area (TPSA) is 111 Å². The Morgan fingerprint density at radius 1 is 0.884 bits per heavy atom. The Morgan fingerprint density at radius 2 is 1.58 bits per heavy atom. The number of H-pyrrole nitrogens is 1. The van der Waals surface area contributed by atoms with Gasteiger partial charge < -0.3 is 23.9 Å². The number of hydrazone groups is 1. The molecule has 9 nitrogen and oxygen atoms in total. The third-order valence-electron chi connectivity index (χ3n) is 6.55. The predicted octanol–water partition coefficient (Wildman–Crippen LogP) is 6.89. The first-order valence-electron chi connectivity index (χ1n) is 13.3. The van der Waals surface area contributed by atoms with Gasteiger partial charge in [-0.3, -0.25) is 4.79 Å². The average molecular weight is 598 g/mol. The van der Waals surface area contributed by atoms with Crippen molar-refractivity contribution >= 4 is 40.6 Å². The summed E-state index contributed by atoms with van der Waals surface area (Å²) in [5.41, 5.74) is 5.82. The van der Waals surface area contributed by atoms with E-state index < -0.39 is 11.9 Å². The SMILES string of the molecule is CCOc1cc(C=NNC(=O)c2[nH]c3c(OC)ccc(OC)c3c2-c2ccccc2)ccc1OC(=O)c1ccccc1Cl. The molecule has 10 heteroatoms. The minimum absolute atomic E-state index is 0.224. The number of ether oxygens (including phenoxy) is 4. The van der Waals surface area contributed by atoms with Crippen LogP contribution in [0.5, 0.6) is 23.0 Å². The summed E-state index contributed by atoms with van der Waals surface area (Å²) in [4.78, 5) is 29.4. The van der Waals surface area contributed by atoms with E-state index in [-0.39, 0.29) is 22.0 Å². The van der Waals surface area contributed by atoms with Gasteiger partial charge in [0, 0.05) is 5.56 Å². The molecule has 1 heterocycles. The quantitative estimate of drug-likeness (QED) is 0.0785. The molecule has 0 aliphatic carbocycles. The molecule has 43 heavy (non-hydrogen) atoms. The van der Waals surface area contributed by atoms with Crippen LogP contribution in [0, 0.1) is 0 Å². The van der Waals surface area contributed by atoms with Gasteiger partial charge in [0.15, 0.2) is 11.5 Å². The molecule has 0 unspecified atom stereocenters. The maximum absolute atomic E-state index is 13.5. The maximum atomic E-state index is 13.5. The van der Waals surface area contributed by atoms with Gasteiger partial charge in [0.05, 0.1) is 48.5 Å². The summed E-state index contributed by atoms with van der Waals surface area (Å²) in [6, 6.07) is 24.6. The fourth-order valence-corrected chi connectivity index (χ4v) is 4.83. The molecule has 5 aromatic rings. The molecule has 0 aliphatic heterocycles. The Balaban J connectivity index is 1.42. The summed E-state index contributed by atoms with van der Waals surface area (Å²) >= 11 is 6.14. The highest BCUT2D eigenvalue weighted by Crippen LogP contribution is 2.42. The summed E-state index contributed by atoms with van der Waals surface area (Å²) in [6.07, 6.45) is 1.46. The van der Waals surface area contributed by atoms with Crippen molar-refractivity contribution in [3.8, 4) is 34.1 Å². The number of nitrogens with zero attached hydrogens (tertiary/aromatic N) is 1. The van der Waals surface area contributed by atoms with Gasteiger partial charge in [-0.15, -0.1) is 0 Å². The summed E-state index contributed by atoms with van der Waals surface area (Å²) in [6.45, 7) is 2.15. The van der Waals surface area contributed by atoms with Gasteiger partial charge in [-0.1, -0.05) is 54.1 Å². The number of halogens is 1. The third kappa shape index (κ3) is 6.17. The molecule has 218 valence electrons. The van der Waals surface area contributed by atoms with E-state index in [9.17, 15) is 9.59 Å². The number of amides is 1. The molecule has 4 aromatic carbocycles. The second-order valence-electron chi connectivity index (χ2n) is 9.17. The van der Waals surface area contributed by atoms with E-state index >= 15 is 0 Å². The highest BCUT2D eigenvalue weighted by atomic mass is 35.5. The van der Waals surface area contributed by atoms with E-state index in [1.807, 2.05) is 37.3 Å². The molecular formula is C33H28ClN3O6. The lowest BCUT2D eigenvalue weighted by atomic mass is 10.0. The minimum Gasteiger partial charge on any atom is -0.496 e. The Morgan fingerprint density at radius 3 is 2.30 bits per heavy atom. The van der Waals surface area contributed by atoms with Crippen LogP contribution in [0.4, 0.5) is 0 Å². The van der Waals surface area contributed by atoms with Crippen molar-refractivity contribution < 1.29 is 28.5 Å². The Kier molecular flexibility index (Phi) is 8.93. The summed E-state index contributed by atoms with van der Waals surface area (Å²) in [5.74, 6) is 0.633. The van der Waals surface area contributed by atoms with E-state index in [1.54, 1.807) is 68.8 Å². The van der Waals surface area contributed by atoms with Gasteiger partial charge in [-0.25, -0.2) is 10.2 Å². The monoisotopic (exact) mass is 597 g/mol. The van der Waals surface area contributed by atoms with Crippen LogP contribution in [0.1, 0.15) is 33.3 Å². The number of esters is 1. The van der Waals surface area contributed by atoms with Crippen molar-refractivity contribution in [1.82, 2.24) is 10.4 Å². The third-order valence-corrected chi connectivity index (χ3v) is 6.88. The molecule has 0 atom stereocenters. The molecule has 0 radical (unpaired) electrons. The Bertz CT molecular complexity index is 1820. The second-order valence-corrected chi connectivity index (χ2v) is 9.58. The average Bonchev–Trinajstić information content (AvgIpc) is 3.43. The molecule has 0 bridgehead atoms. The van der Waals surface area contributed by atoms with E-state index in [0.717, 1.165) is 5.56 Å². The standard InChI is InChI=1S/C33H28ClN3O6/c1-4-42-27-18-20(14-15-24(27)43-33(39)22-12-8-9-13-23(22)34)19-35-37-32(38)31-28(21-10-6-5-7-11-21)29-25(40-2)16-17-26(41-3)30(29)36-31/h5-19,36H,4H2,1-3H3,(H,37,38). The summed E-state index contributed by atoms with van der Waals surface area (Å²) in [5, 5.41) is 5.17. The Labute approximate surface area is 253 Å². The van der Waals surface area contributed by atoms with Crippen LogP contribution in [0.3, 0.4) is 0 Å². The first kappa shape index (κ1) is 29.2. The second kappa shape index (κ2) is 13.1. The molecule has 2 N–H and O–H groups in total. The fourth-order valence-electron chi connectivity index (χ4n) is 4.61. The minimum atomic E-state index is -0.610.